The van der Waals surface area contributed by atoms with Gasteiger partial charge in [0, 0.05) is 13.2 Å². The highest BCUT2D eigenvalue weighted by molar-refractivity contribution is 5.46. The Kier molecular flexibility index (Phi) is 3.15. The minimum atomic E-state index is -0.201. The Labute approximate surface area is 119 Å². The molecule has 0 amide bonds. The highest BCUT2D eigenvalue weighted by atomic mass is 15.0. The maximum absolute atomic E-state index is 4.30. The molecule has 1 aromatic heterocycles. The van der Waals surface area contributed by atoms with Crippen LogP contribution in [0.4, 0.5) is 0 Å². The first-order valence-corrected chi connectivity index (χ1v) is 6.81. The van der Waals surface area contributed by atoms with Crippen LogP contribution in [-0.2, 0) is 12.5 Å². The van der Waals surface area contributed by atoms with Gasteiger partial charge in [0.25, 0.3) is 0 Å². The molecule has 0 atom stereocenters. The summed E-state index contributed by atoms with van der Waals surface area (Å²) in [4.78, 5) is 4.30. The number of rotatable bonds is 3. The normalized spacial score (nSPS) is 11.5. The summed E-state index contributed by atoms with van der Waals surface area (Å²) in [6, 6.07) is 21.2. The van der Waals surface area contributed by atoms with Crippen molar-refractivity contribution in [1.29, 1.82) is 0 Å². The van der Waals surface area contributed by atoms with Crippen LogP contribution in [0.25, 0.3) is 0 Å². The van der Waals surface area contributed by atoms with E-state index in [0.717, 1.165) is 0 Å². The van der Waals surface area contributed by atoms with E-state index >= 15 is 0 Å². The van der Waals surface area contributed by atoms with E-state index in [-0.39, 0.29) is 5.41 Å². The van der Waals surface area contributed by atoms with E-state index in [2.05, 4.69) is 77.1 Å². The lowest BCUT2D eigenvalue weighted by Crippen LogP contribution is -2.27. The van der Waals surface area contributed by atoms with E-state index < -0.39 is 0 Å². The zero-order valence-electron chi connectivity index (χ0n) is 11.8. The topological polar surface area (TPSA) is 17.8 Å². The van der Waals surface area contributed by atoms with Crippen molar-refractivity contribution in [2.75, 3.05) is 0 Å². The Morgan fingerprint density at radius 1 is 0.850 bits per heavy atom. The lowest BCUT2D eigenvalue weighted by atomic mass is 9.74. The fraction of sp³-hybridized carbons (Fsp3) is 0.167. The van der Waals surface area contributed by atoms with Crippen molar-refractivity contribution in [1.82, 2.24) is 9.55 Å². The molecule has 0 saturated carbocycles. The van der Waals surface area contributed by atoms with Crippen molar-refractivity contribution < 1.29 is 0 Å². The van der Waals surface area contributed by atoms with Crippen LogP contribution in [-0.4, -0.2) is 9.55 Å². The predicted molar refractivity (Wildman–Crippen MR) is 81.6 cm³/mol. The largest absolute Gasteiger partial charge is 0.337 e. The van der Waals surface area contributed by atoms with Gasteiger partial charge in [0.15, 0.2) is 0 Å². The minimum absolute atomic E-state index is 0.201. The molecule has 0 spiro atoms. The molecule has 0 N–H and O–H groups in total. The molecule has 100 valence electrons. The smallest absolute Gasteiger partial charge is 0.0945 e. The molecule has 2 aromatic carbocycles. The Hall–Kier alpha value is -2.35. The quantitative estimate of drug-likeness (QED) is 0.702. The zero-order chi connectivity index (χ0) is 14.0. The molecule has 20 heavy (non-hydrogen) atoms. The van der Waals surface area contributed by atoms with Crippen LogP contribution in [0, 0.1) is 0 Å². The molecule has 0 aliphatic rings. The highest BCUT2D eigenvalue weighted by Gasteiger charge is 2.33. The van der Waals surface area contributed by atoms with Gasteiger partial charge in [0.05, 0.1) is 17.4 Å². The molecule has 2 nitrogen and oxygen atoms in total. The van der Waals surface area contributed by atoms with Crippen molar-refractivity contribution in [2.45, 2.75) is 12.3 Å². The summed E-state index contributed by atoms with van der Waals surface area (Å²) in [6.45, 7) is 2.26. The average Bonchev–Trinajstić information content (AvgIpc) is 2.95. The highest BCUT2D eigenvalue weighted by Crippen LogP contribution is 2.38. The van der Waals surface area contributed by atoms with Crippen LogP contribution < -0.4 is 0 Å². The second kappa shape index (κ2) is 4.97. The zero-order valence-corrected chi connectivity index (χ0v) is 11.8. The summed E-state index contributed by atoms with van der Waals surface area (Å²) >= 11 is 0. The third-order valence-corrected chi connectivity index (χ3v) is 4.03. The van der Waals surface area contributed by atoms with Crippen molar-refractivity contribution >= 4 is 0 Å². The van der Waals surface area contributed by atoms with Crippen LogP contribution in [0.5, 0.6) is 0 Å². The Morgan fingerprint density at radius 3 is 1.75 bits per heavy atom. The summed E-state index contributed by atoms with van der Waals surface area (Å²) < 4.78 is 2.10. The number of hydrogen-bond acceptors (Lipinski definition) is 1. The maximum Gasteiger partial charge on any atom is 0.0945 e. The number of aryl methyl sites for hydroxylation is 1. The molecule has 2 heteroatoms. The van der Waals surface area contributed by atoms with Crippen LogP contribution in [0.15, 0.2) is 73.2 Å². The van der Waals surface area contributed by atoms with Gasteiger partial charge < -0.3 is 4.57 Å². The monoisotopic (exact) mass is 262 g/mol. The Bertz CT molecular complexity index is 644. The van der Waals surface area contributed by atoms with E-state index in [1.54, 1.807) is 0 Å². The first-order chi connectivity index (χ1) is 9.73. The van der Waals surface area contributed by atoms with Crippen LogP contribution >= 0.6 is 0 Å². The van der Waals surface area contributed by atoms with Crippen LogP contribution in [0.3, 0.4) is 0 Å². The number of benzene rings is 2. The number of imidazole rings is 1. The van der Waals surface area contributed by atoms with Gasteiger partial charge in [0.2, 0.25) is 0 Å². The van der Waals surface area contributed by atoms with E-state index in [4.69, 9.17) is 0 Å². The van der Waals surface area contributed by atoms with Crippen molar-refractivity contribution in [3.8, 4) is 0 Å². The molecular weight excluding hydrogens is 244 g/mol. The molecule has 3 rings (SSSR count). The molecule has 0 aliphatic heterocycles. The summed E-state index contributed by atoms with van der Waals surface area (Å²) in [6.07, 6.45) is 3.82. The summed E-state index contributed by atoms with van der Waals surface area (Å²) in [5, 5.41) is 0. The maximum atomic E-state index is 4.30. The lowest BCUT2D eigenvalue weighted by molar-refractivity contribution is 0.626. The van der Waals surface area contributed by atoms with Gasteiger partial charge in [-0.15, -0.1) is 0 Å². The summed E-state index contributed by atoms with van der Waals surface area (Å²) in [5.74, 6) is 0. The van der Waals surface area contributed by atoms with E-state index in [0.29, 0.717) is 0 Å². The first-order valence-electron chi connectivity index (χ1n) is 6.81. The van der Waals surface area contributed by atoms with Gasteiger partial charge in [0.1, 0.15) is 0 Å². The second-order valence-corrected chi connectivity index (χ2v) is 5.25. The van der Waals surface area contributed by atoms with Crippen molar-refractivity contribution in [3.63, 3.8) is 0 Å². The molecule has 3 aromatic rings. The molecule has 0 fully saturated rings. The lowest BCUT2D eigenvalue weighted by Gasteiger charge is -2.31. The summed E-state index contributed by atoms with van der Waals surface area (Å²) in [5.41, 5.74) is 3.54. The SMILES string of the molecule is Cn1cncc1C(C)(c1ccccc1)c1ccccc1. The van der Waals surface area contributed by atoms with Gasteiger partial charge in [-0.1, -0.05) is 60.7 Å². The molecule has 0 saturated heterocycles. The van der Waals surface area contributed by atoms with Gasteiger partial charge in [-0.2, -0.15) is 0 Å². The summed E-state index contributed by atoms with van der Waals surface area (Å²) in [7, 11) is 2.05. The molecule has 0 radical (unpaired) electrons. The average molecular weight is 262 g/mol. The molecule has 1 heterocycles. The molecular formula is C18H18N2. The first kappa shape index (κ1) is 12.7. The molecule has 0 unspecified atom stereocenters. The fourth-order valence-corrected chi connectivity index (χ4v) is 2.84. The fourth-order valence-electron chi connectivity index (χ4n) is 2.84. The van der Waals surface area contributed by atoms with Gasteiger partial charge in [-0.3, -0.25) is 0 Å². The van der Waals surface area contributed by atoms with Gasteiger partial charge in [-0.25, -0.2) is 4.98 Å². The third-order valence-electron chi connectivity index (χ3n) is 4.03. The Morgan fingerprint density at radius 2 is 1.35 bits per heavy atom. The standard InChI is InChI=1S/C18H18N2/c1-18(15-9-5-3-6-10-15,16-11-7-4-8-12-16)17-13-19-14-20(17)2/h3-14H,1-2H3. The van der Waals surface area contributed by atoms with E-state index in [9.17, 15) is 0 Å². The number of aromatic nitrogens is 2. The van der Waals surface area contributed by atoms with Crippen molar-refractivity contribution in [2.24, 2.45) is 7.05 Å². The second-order valence-electron chi connectivity index (χ2n) is 5.25. The van der Waals surface area contributed by atoms with Crippen LogP contribution in [0.1, 0.15) is 23.7 Å². The van der Waals surface area contributed by atoms with Gasteiger partial charge in [-0.05, 0) is 18.1 Å². The van der Waals surface area contributed by atoms with Crippen molar-refractivity contribution in [3.05, 3.63) is 90.0 Å². The molecule has 0 aliphatic carbocycles. The predicted octanol–water partition coefficient (Wildman–Crippen LogP) is 3.77. The third kappa shape index (κ3) is 1.94. The van der Waals surface area contributed by atoms with E-state index in [1.165, 1.54) is 16.8 Å². The molecule has 0 bridgehead atoms. The number of nitrogens with zero attached hydrogens (tertiary/aromatic N) is 2. The number of hydrogen-bond donors (Lipinski definition) is 0. The Balaban J connectivity index is 2.27. The van der Waals surface area contributed by atoms with Gasteiger partial charge >= 0.3 is 0 Å². The van der Waals surface area contributed by atoms with E-state index in [1.807, 2.05) is 19.6 Å². The minimum Gasteiger partial charge on any atom is -0.337 e. The van der Waals surface area contributed by atoms with Crippen LogP contribution in [0.2, 0.25) is 0 Å².